The molecule has 2 fully saturated rings. The third kappa shape index (κ3) is 14.6. The fourth-order valence-electron chi connectivity index (χ4n) is 6.18. The number of halogens is 9. The molecule has 6 rings (SSSR count). The molecule has 24 heteroatoms. The Balaban J connectivity index is 0.000000429. The van der Waals surface area contributed by atoms with Gasteiger partial charge in [0.15, 0.2) is 0 Å². The van der Waals surface area contributed by atoms with E-state index in [0.717, 1.165) is 41.5 Å². The number of carboxylic acid groups (broad SMARTS) is 3. The van der Waals surface area contributed by atoms with Crippen LogP contribution < -0.4 is 15.4 Å². The van der Waals surface area contributed by atoms with Gasteiger partial charge in [0.25, 0.3) is 11.8 Å². The predicted molar refractivity (Wildman–Crippen MR) is 204 cm³/mol. The Morgan fingerprint density at radius 2 is 1.17 bits per heavy atom. The minimum Gasteiger partial charge on any atom is -0.489 e. The number of hydrogen-bond donors (Lipinski definition) is 5. The van der Waals surface area contributed by atoms with Crippen LogP contribution in [-0.2, 0) is 42.5 Å². The summed E-state index contributed by atoms with van der Waals surface area (Å²) in [7, 11) is 0. The maximum absolute atomic E-state index is 13.5. The number of aliphatic carboxylic acids is 3. The van der Waals surface area contributed by atoms with Crippen LogP contribution in [0.15, 0.2) is 84.9 Å². The second-order valence-electron chi connectivity index (χ2n) is 13.5. The van der Waals surface area contributed by atoms with Crippen LogP contribution in [0.2, 0.25) is 0 Å². The molecule has 4 aromatic rings. The number of benzene rings is 3. The molecule has 0 radical (unpaired) electrons. The van der Waals surface area contributed by atoms with Gasteiger partial charge in [0.1, 0.15) is 12.4 Å². The SMILES string of the molecule is Cc1cc(COc2ccc(C3(N4CCN(CCCc5ccccc5)CC4)C(=O)NC(=O)NC3=O)cc2)c2ccccc2n1.O=C(O)C(F)(F)F.O=C(O)C(F)(F)F.O=C(O)C(F)(F)F. The molecule has 2 saturated heterocycles. The zero-order valence-corrected chi connectivity index (χ0v) is 33.2. The van der Waals surface area contributed by atoms with E-state index in [-0.39, 0.29) is 0 Å². The van der Waals surface area contributed by atoms with Crippen molar-refractivity contribution in [1.82, 2.24) is 25.4 Å². The number of hydrogen-bond acceptors (Lipinski definition) is 10. The maximum atomic E-state index is 13.5. The Kier molecular flexibility index (Phi) is 17.7. The number of nitrogens with zero attached hydrogens (tertiary/aromatic N) is 3. The topological polar surface area (TPSA) is 216 Å². The molecule has 0 bridgehead atoms. The van der Waals surface area contributed by atoms with Crippen molar-refractivity contribution in [3.63, 3.8) is 0 Å². The van der Waals surface area contributed by atoms with Gasteiger partial charge in [-0.1, -0.05) is 60.7 Å². The third-order valence-electron chi connectivity index (χ3n) is 9.06. The van der Waals surface area contributed by atoms with Crippen LogP contribution in [0.4, 0.5) is 44.3 Å². The normalized spacial score (nSPS) is 15.4. The van der Waals surface area contributed by atoms with Gasteiger partial charge in [-0.05, 0) is 61.7 Å². The van der Waals surface area contributed by atoms with Crippen LogP contribution in [0.5, 0.6) is 5.75 Å². The van der Waals surface area contributed by atoms with E-state index in [4.69, 9.17) is 34.4 Å². The van der Waals surface area contributed by atoms with Crippen molar-refractivity contribution in [2.24, 2.45) is 0 Å². The van der Waals surface area contributed by atoms with Crippen LogP contribution >= 0.6 is 0 Å². The Labute approximate surface area is 356 Å². The first kappa shape index (κ1) is 51.5. The summed E-state index contributed by atoms with van der Waals surface area (Å²) in [6.07, 6.45) is -13.2. The highest BCUT2D eigenvalue weighted by atomic mass is 19.4. The van der Waals surface area contributed by atoms with Gasteiger partial charge >= 0.3 is 42.5 Å². The molecule has 64 heavy (non-hydrogen) atoms. The quantitative estimate of drug-likeness (QED) is 0.0988. The standard InChI is InChI=1S/C34H35N5O4.3C2HF3O2/c1-24-22-26(29-11-5-6-12-30(29)35-24)23-43-28-15-13-27(14-16-28)34(31(40)36-33(42)37-32(34)41)39-20-18-38(19-21-39)17-7-10-25-8-3-2-4-9-25;3*3-2(4,5)1(6)7/h2-6,8-9,11-16,22H,7,10,17-21,23H2,1H3,(H2,36,37,40,41,42);3*(H,6,7). The van der Waals surface area contributed by atoms with Gasteiger partial charge in [0.2, 0.25) is 5.54 Å². The highest BCUT2D eigenvalue weighted by Gasteiger charge is 2.56. The molecule has 0 unspecified atom stereocenters. The molecule has 346 valence electrons. The fourth-order valence-corrected chi connectivity index (χ4v) is 6.18. The van der Waals surface area contributed by atoms with Gasteiger partial charge in [-0.25, -0.2) is 19.2 Å². The highest BCUT2D eigenvalue weighted by Crippen LogP contribution is 2.34. The van der Waals surface area contributed by atoms with Crippen LogP contribution in [0, 0.1) is 6.92 Å². The summed E-state index contributed by atoms with van der Waals surface area (Å²) in [5.74, 6) is -8.93. The number of aryl methyl sites for hydroxylation is 2. The predicted octanol–water partition coefficient (Wildman–Crippen LogP) is 5.83. The molecule has 0 aliphatic carbocycles. The Bertz CT molecular complexity index is 2190. The molecular formula is C40H38F9N5O10. The van der Waals surface area contributed by atoms with Crippen LogP contribution in [0.25, 0.3) is 10.9 Å². The molecule has 0 spiro atoms. The van der Waals surface area contributed by atoms with Crippen molar-refractivity contribution < 1.29 is 88.3 Å². The molecule has 2 aliphatic heterocycles. The average molecular weight is 920 g/mol. The van der Waals surface area contributed by atoms with Crippen LogP contribution in [0.3, 0.4) is 0 Å². The van der Waals surface area contributed by atoms with E-state index in [1.54, 1.807) is 24.3 Å². The lowest BCUT2D eigenvalue weighted by Crippen LogP contribution is -2.72. The van der Waals surface area contributed by atoms with E-state index < -0.39 is 59.8 Å². The molecule has 1 aromatic heterocycles. The number of aromatic nitrogens is 1. The van der Waals surface area contributed by atoms with E-state index in [2.05, 4.69) is 44.8 Å². The first-order chi connectivity index (χ1) is 29.8. The Morgan fingerprint density at radius 1 is 0.703 bits per heavy atom. The second-order valence-corrected chi connectivity index (χ2v) is 13.5. The summed E-state index contributed by atoms with van der Waals surface area (Å²) in [4.78, 5) is 74.6. The first-order valence-electron chi connectivity index (χ1n) is 18.4. The van der Waals surface area contributed by atoms with E-state index in [0.29, 0.717) is 44.1 Å². The smallest absolute Gasteiger partial charge is 0.489 e. The minimum atomic E-state index is -5.08. The zero-order chi connectivity index (χ0) is 48.0. The average Bonchev–Trinajstić information content (AvgIpc) is 3.21. The number of nitrogens with one attached hydrogen (secondary N) is 2. The number of urea groups is 1. The lowest BCUT2D eigenvalue weighted by atomic mass is 9.84. The molecule has 0 atom stereocenters. The van der Waals surface area contributed by atoms with Crippen molar-refractivity contribution in [2.75, 3.05) is 32.7 Å². The van der Waals surface area contributed by atoms with E-state index in [1.165, 1.54) is 5.56 Å². The number of pyridine rings is 1. The Hall–Kier alpha value is -6.82. The molecule has 3 aromatic carbocycles. The molecule has 4 amide bonds. The Morgan fingerprint density at radius 3 is 1.66 bits per heavy atom. The number of alkyl halides is 9. The van der Waals surface area contributed by atoms with Gasteiger partial charge in [-0.3, -0.25) is 30.1 Å². The van der Waals surface area contributed by atoms with Crippen molar-refractivity contribution in [2.45, 2.75) is 50.4 Å². The number of amides is 4. The number of carbonyl (C=O) groups is 6. The monoisotopic (exact) mass is 919 g/mol. The van der Waals surface area contributed by atoms with Gasteiger partial charge in [0, 0.05) is 42.8 Å². The summed E-state index contributed by atoms with van der Waals surface area (Å²) >= 11 is 0. The van der Waals surface area contributed by atoms with E-state index in [9.17, 15) is 53.9 Å². The maximum Gasteiger partial charge on any atom is 0.490 e. The summed E-state index contributed by atoms with van der Waals surface area (Å²) in [6, 6.07) is 26.6. The third-order valence-corrected chi connectivity index (χ3v) is 9.06. The van der Waals surface area contributed by atoms with Crippen molar-refractivity contribution in [3.8, 4) is 5.75 Å². The number of carboxylic acids is 3. The molecule has 2 aliphatic rings. The highest BCUT2D eigenvalue weighted by molar-refractivity contribution is 6.22. The van der Waals surface area contributed by atoms with Gasteiger partial charge < -0.3 is 25.0 Å². The van der Waals surface area contributed by atoms with E-state index in [1.807, 2.05) is 48.2 Å². The van der Waals surface area contributed by atoms with Crippen molar-refractivity contribution in [1.29, 1.82) is 0 Å². The molecular weight excluding hydrogens is 881 g/mol. The van der Waals surface area contributed by atoms with Crippen molar-refractivity contribution in [3.05, 3.63) is 107 Å². The summed E-state index contributed by atoms with van der Waals surface area (Å²) in [6.45, 7) is 5.68. The number of para-hydroxylation sites is 1. The molecule has 3 heterocycles. The second kappa shape index (κ2) is 22.0. The van der Waals surface area contributed by atoms with Gasteiger partial charge in [0.05, 0.1) is 5.52 Å². The lowest BCUT2D eigenvalue weighted by Gasteiger charge is -2.46. The molecule has 5 N–H and O–H groups in total. The number of barbiturate groups is 1. The number of ether oxygens (including phenoxy) is 1. The summed E-state index contributed by atoms with van der Waals surface area (Å²) in [5.41, 5.74) is 3.01. The lowest BCUT2D eigenvalue weighted by molar-refractivity contribution is -0.193. The fraction of sp³-hybridized carbons (Fsp3) is 0.325. The minimum absolute atomic E-state index is 0.343. The molecule has 15 nitrogen and oxygen atoms in total. The summed E-state index contributed by atoms with van der Waals surface area (Å²) < 4.78 is 101. The van der Waals surface area contributed by atoms with Gasteiger partial charge in [-0.15, -0.1) is 0 Å². The summed E-state index contributed by atoms with van der Waals surface area (Å²) in [5, 5.41) is 27.1. The number of carbonyl (C=O) groups excluding carboxylic acids is 3. The van der Waals surface area contributed by atoms with Crippen LogP contribution in [-0.4, -0.2) is 117 Å². The first-order valence-corrected chi connectivity index (χ1v) is 18.4. The zero-order valence-electron chi connectivity index (χ0n) is 33.2. The van der Waals surface area contributed by atoms with Gasteiger partial charge in [-0.2, -0.15) is 39.5 Å². The number of piperazine rings is 1. The number of rotatable bonds is 9. The largest absolute Gasteiger partial charge is 0.490 e. The van der Waals surface area contributed by atoms with Crippen LogP contribution in [0.1, 0.15) is 28.8 Å². The number of fused-ring (bicyclic) bond motifs is 1. The van der Waals surface area contributed by atoms with Crippen molar-refractivity contribution >= 4 is 46.7 Å². The molecule has 0 saturated carbocycles. The number of imide groups is 2. The van der Waals surface area contributed by atoms with E-state index >= 15 is 0 Å².